The van der Waals surface area contributed by atoms with Crippen LogP contribution in [0.2, 0.25) is 0 Å². The zero-order valence-corrected chi connectivity index (χ0v) is 12.1. The fourth-order valence-electron chi connectivity index (χ4n) is 2.66. The van der Waals surface area contributed by atoms with E-state index in [4.69, 9.17) is 0 Å². The number of hydrogen-bond donors (Lipinski definition) is 2. The lowest BCUT2D eigenvalue weighted by molar-refractivity contribution is 0.0921. The molecule has 0 aromatic carbocycles. The molecule has 0 unspecified atom stereocenters. The maximum atomic E-state index is 12.3. The van der Waals surface area contributed by atoms with Crippen LogP contribution in [0.1, 0.15) is 49.5 Å². The minimum absolute atomic E-state index is 0.0177. The van der Waals surface area contributed by atoms with E-state index in [0.29, 0.717) is 11.7 Å². The van der Waals surface area contributed by atoms with Gasteiger partial charge in [0.15, 0.2) is 0 Å². The first-order valence-corrected chi connectivity index (χ1v) is 7.78. The van der Waals surface area contributed by atoms with E-state index in [0.717, 1.165) is 30.5 Å². The molecule has 0 radical (unpaired) electrons. The number of aromatic nitrogens is 1. The summed E-state index contributed by atoms with van der Waals surface area (Å²) in [6.45, 7) is 3.05. The van der Waals surface area contributed by atoms with Crippen LogP contribution in [0.25, 0.3) is 0 Å². The molecule has 20 heavy (non-hydrogen) atoms. The van der Waals surface area contributed by atoms with Gasteiger partial charge in [-0.1, -0.05) is 6.92 Å². The summed E-state index contributed by atoms with van der Waals surface area (Å²) in [7, 11) is 0. The lowest BCUT2D eigenvalue weighted by atomic mass is 10.1. The summed E-state index contributed by atoms with van der Waals surface area (Å²) >= 11 is 0. The Bertz CT molecular complexity index is 451. The molecule has 3 rings (SSSR count). The third kappa shape index (κ3) is 3.30. The molecular formula is C16H23N3O. The third-order valence-corrected chi connectivity index (χ3v) is 4.13. The summed E-state index contributed by atoms with van der Waals surface area (Å²) in [6, 6.07) is 4.13. The number of pyridine rings is 1. The van der Waals surface area contributed by atoms with Crippen molar-refractivity contribution in [3.8, 4) is 0 Å². The van der Waals surface area contributed by atoms with Gasteiger partial charge in [-0.25, -0.2) is 4.98 Å². The van der Waals surface area contributed by atoms with Gasteiger partial charge in [-0.15, -0.1) is 0 Å². The van der Waals surface area contributed by atoms with Crippen molar-refractivity contribution in [1.82, 2.24) is 10.3 Å². The zero-order chi connectivity index (χ0) is 13.9. The largest absolute Gasteiger partial charge is 0.384 e. The molecule has 2 fully saturated rings. The second-order valence-corrected chi connectivity index (χ2v) is 6.03. The minimum atomic E-state index is -0.0177. The molecule has 1 aromatic rings. The van der Waals surface area contributed by atoms with Gasteiger partial charge in [0.1, 0.15) is 5.69 Å². The molecule has 2 aliphatic carbocycles. The number of amides is 1. The summed E-state index contributed by atoms with van der Waals surface area (Å²) in [5.74, 6) is 1.42. The van der Waals surface area contributed by atoms with E-state index in [9.17, 15) is 4.79 Å². The van der Waals surface area contributed by atoms with E-state index < -0.39 is 0 Å². The van der Waals surface area contributed by atoms with E-state index >= 15 is 0 Å². The Morgan fingerprint density at radius 2 is 2.00 bits per heavy atom. The maximum Gasteiger partial charge on any atom is 0.270 e. The molecule has 2 aliphatic rings. The van der Waals surface area contributed by atoms with Crippen molar-refractivity contribution in [3.05, 3.63) is 24.0 Å². The quantitative estimate of drug-likeness (QED) is 0.803. The van der Waals surface area contributed by atoms with Gasteiger partial charge in [-0.3, -0.25) is 4.79 Å². The molecule has 1 amide bonds. The second kappa shape index (κ2) is 5.81. The van der Waals surface area contributed by atoms with Crippen LogP contribution in [0, 0.1) is 11.8 Å². The molecule has 0 bridgehead atoms. The van der Waals surface area contributed by atoms with E-state index in [1.807, 2.05) is 12.1 Å². The van der Waals surface area contributed by atoms with Crippen molar-refractivity contribution in [1.29, 1.82) is 0 Å². The van der Waals surface area contributed by atoms with Gasteiger partial charge >= 0.3 is 0 Å². The first-order valence-electron chi connectivity index (χ1n) is 7.78. The van der Waals surface area contributed by atoms with Crippen LogP contribution in [-0.4, -0.2) is 23.5 Å². The standard InChI is InChI=1S/C16H23N3O/c1-2-9-17-13-7-8-14(18-10-13)16(20)19-15(11-3-4-11)12-5-6-12/h7-8,10-12,15,17H,2-6,9H2,1H3,(H,19,20). The topological polar surface area (TPSA) is 54.0 Å². The number of nitrogens with zero attached hydrogens (tertiary/aromatic N) is 1. The fourth-order valence-corrected chi connectivity index (χ4v) is 2.66. The van der Waals surface area contributed by atoms with Crippen LogP contribution in [-0.2, 0) is 0 Å². The third-order valence-electron chi connectivity index (χ3n) is 4.13. The number of carbonyl (C=O) groups is 1. The Kier molecular flexibility index (Phi) is 3.90. The maximum absolute atomic E-state index is 12.3. The lowest BCUT2D eigenvalue weighted by Crippen LogP contribution is -2.38. The van der Waals surface area contributed by atoms with Crippen molar-refractivity contribution in [2.45, 2.75) is 45.1 Å². The predicted octanol–water partition coefficient (Wildman–Crippen LogP) is 2.82. The number of carbonyl (C=O) groups excluding carboxylic acids is 1. The van der Waals surface area contributed by atoms with Crippen molar-refractivity contribution in [2.24, 2.45) is 11.8 Å². The van der Waals surface area contributed by atoms with Crippen LogP contribution in [0.3, 0.4) is 0 Å². The highest BCUT2D eigenvalue weighted by molar-refractivity contribution is 5.92. The Labute approximate surface area is 120 Å². The molecular weight excluding hydrogens is 250 g/mol. The van der Waals surface area contributed by atoms with Gasteiger partial charge in [0.25, 0.3) is 5.91 Å². The summed E-state index contributed by atoms with van der Waals surface area (Å²) < 4.78 is 0. The van der Waals surface area contributed by atoms with E-state index in [1.165, 1.54) is 25.7 Å². The van der Waals surface area contributed by atoms with Crippen molar-refractivity contribution in [3.63, 3.8) is 0 Å². The van der Waals surface area contributed by atoms with Crippen molar-refractivity contribution >= 4 is 11.6 Å². The Morgan fingerprint density at radius 3 is 2.50 bits per heavy atom. The average molecular weight is 273 g/mol. The predicted molar refractivity (Wildman–Crippen MR) is 79.7 cm³/mol. The molecule has 0 atom stereocenters. The van der Waals surface area contributed by atoms with Crippen LogP contribution < -0.4 is 10.6 Å². The average Bonchev–Trinajstić information content (AvgIpc) is 3.36. The van der Waals surface area contributed by atoms with Gasteiger partial charge in [0.2, 0.25) is 0 Å². The molecule has 0 spiro atoms. The highest BCUT2D eigenvalue weighted by atomic mass is 16.1. The molecule has 0 aliphatic heterocycles. The Morgan fingerprint density at radius 1 is 1.30 bits per heavy atom. The molecule has 1 aromatic heterocycles. The normalized spacial score (nSPS) is 18.1. The molecule has 2 saturated carbocycles. The Hall–Kier alpha value is -1.58. The van der Waals surface area contributed by atoms with E-state index in [-0.39, 0.29) is 5.91 Å². The van der Waals surface area contributed by atoms with Crippen LogP contribution in [0.4, 0.5) is 5.69 Å². The van der Waals surface area contributed by atoms with Crippen molar-refractivity contribution in [2.75, 3.05) is 11.9 Å². The Balaban J connectivity index is 1.58. The van der Waals surface area contributed by atoms with E-state index in [1.54, 1.807) is 6.20 Å². The summed E-state index contributed by atoms with van der Waals surface area (Å²) in [4.78, 5) is 16.5. The van der Waals surface area contributed by atoms with Gasteiger partial charge < -0.3 is 10.6 Å². The number of nitrogens with one attached hydrogen (secondary N) is 2. The van der Waals surface area contributed by atoms with Crippen molar-refractivity contribution < 1.29 is 4.79 Å². The fraction of sp³-hybridized carbons (Fsp3) is 0.625. The minimum Gasteiger partial charge on any atom is -0.384 e. The number of hydrogen-bond acceptors (Lipinski definition) is 3. The SMILES string of the molecule is CCCNc1ccc(C(=O)NC(C2CC2)C2CC2)nc1. The monoisotopic (exact) mass is 273 g/mol. The van der Waals surface area contributed by atoms with Gasteiger partial charge in [-0.05, 0) is 56.1 Å². The number of anilines is 1. The number of rotatable bonds is 7. The van der Waals surface area contributed by atoms with Gasteiger partial charge in [-0.2, -0.15) is 0 Å². The molecule has 1 heterocycles. The smallest absolute Gasteiger partial charge is 0.270 e. The van der Waals surface area contributed by atoms with Crippen LogP contribution >= 0.6 is 0 Å². The molecule has 4 heteroatoms. The summed E-state index contributed by atoms with van der Waals surface area (Å²) in [6.07, 6.45) is 7.91. The second-order valence-electron chi connectivity index (χ2n) is 6.03. The van der Waals surface area contributed by atoms with Gasteiger partial charge in [0, 0.05) is 12.6 Å². The highest BCUT2D eigenvalue weighted by Crippen LogP contribution is 2.44. The summed E-state index contributed by atoms with van der Waals surface area (Å²) in [5, 5.41) is 6.46. The molecule has 108 valence electrons. The molecule has 2 N–H and O–H groups in total. The first kappa shape index (κ1) is 13.4. The zero-order valence-electron chi connectivity index (χ0n) is 12.1. The molecule has 0 saturated heterocycles. The van der Waals surface area contributed by atoms with E-state index in [2.05, 4.69) is 22.5 Å². The van der Waals surface area contributed by atoms with Crippen LogP contribution in [0.5, 0.6) is 0 Å². The van der Waals surface area contributed by atoms with Gasteiger partial charge in [0.05, 0.1) is 11.9 Å². The first-order chi connectivity index (χ1) is 9.78. The summed E-state index contributed by atoms with van der Waals surface area (Å²) in [5.41, 5.74) is 1.50. The highest BCUT2D eigenvalue weighted by Gasteiger charge is 2.42. The lowest BCUT2D eigenvalue weighted by Gasteiger charge is -2.17. The van der Waals surface area contributed by atoms with Crippen LogP contribution in [0.15, 0.2) is 18.3 Å². The molecule has 4 nitrogen and oxygen atoms in total.